The summed E-state index contributed by atoms with van der Waals surface area (Å²) in [5.41, 5.74) is 3.17. The SMILES string of the molecule is Cc1cccc(CSC2=NCCN2C(=O)c2ccccc2Br)c1. The van der Waals surface area contributed by atoms with Crippen LogP contribution in [0.1, 0.15) is 21.5 Å². The molecule has 23 heavy (non-hydrogen) atoms. The van der Waals surface area contributed by atoms with Gasteiger partial charge in [-0.1, -0.05) is 53.7 Å². The monoisotopic (exact) mass is 388 g/mol. The fraction of sp³-hybridized carbons (Fsp3) is 0.222. The lowest BCUT2D eigenvalue weighted by Gasteiger charge is -2.18. The predicted molar refractivity (Wildman–Crippen MR) is 100.0 cm³/mol. The number of hydrogen-bond donors (Lipinski definition) is 0. The van der Waals surface area contributed by atoms with Crippen molar-refractivity contribution in [2.45, 2.75) is 12.7 Å². The van der Waals surface area contributed by atoms with E-state index in [-0.39, 0.29) is 5.91 Å². The second-order valence-corrected chi connectivity index (χ2v) is 7.18. The van der Waals surface area contributed by atoms with Crippen LogP contribution in [0.15, 0.2) is 58.0 Å². The summed E-state index contributed by atoms with van der Waals surface area (Å²) in [5, 5.41) is 0.812. The molecule has 0 bridgehead atoms. The largest absolute Gasteiger partial charge is 0.286 e. The Bertz CT molecular complexity index is 760. The van der Waals surface area contributed by atoms with Crippen molar-refractivity contribution < 1.29 is 4.79 Å². The maximum atomic E-state index is 12.7. The van der Waals surface area contributed by atoms with Gasteiger partial charge in [0, 0.05) is 16.8 Å². The smallest absolute Gasteiger partial charge is 0.261 e. The van der Waals surface area contributed by atoms with Gasteiger partial charge in [-0.3, -0.25) is 14.7 Å². The van der Waals surface area contributed by atoms with Crippen LogP contribution in [-0.2, 0) is 5.75 Å². The van der Waals surface area contributed by atoms with Gasteiger partial charge >= 0.3 is 0 Å². The van der Waals surface area contributed by atoms with Crippen LogP contribution in [0.2, 0.25) is 0 Å². The molecule has 0 saturated heterocycles. The first kappa shape index (κ1) is 16.3. The standard InChI is InChI=1S/C18H17BrN2OS/c1-13-5-4-6-14(11-13)12-23-18-20-9-10-21(18)17(22)15-7-2-3-8-16(15)19/h2-8,11H,9-10,12H2,1H3. The van der Waals surface area contributed by atoms with Crippen LogP contribution in [0.4, 0.5) is 0 Å². The topological polar surface area (TPSA) is 32.7 Å². The number of thioether (sulfide) groups is 1. The van der Waals surface area contributed by atoms with E-state index in [0.29, 0.717) is 18.7 Å². The molecule has 1 aliphatic rings. The van der Waals surface area contributed by atoms with Crippen molar-refractivity contribution >= 4 is 38.8 Å². The van der Waals surface area contributed by atoms with Crippen LogP contribution in [0, 0.1) is 6.92 Å². The molecular formula is C18H17BrN2OS. The van der Waals surface area contributed by atoms with Crippen molar-refractivity contribution in [2.75, 3.05) is 13.1 Å². The van der Waals surface area contributed by atoms with Gasteiger partial charge in [-0.25, -0.2) is 0 Å². The van der Waals surface area contributed by atoms with Crippen LogP contribution in [0.5, 0.6) is 0 Å². The van der Waals surface area contributed by atoms with E-state index in [1.165, 1.54) is 11.1 Å². The molecule has 1 heterocycles. The van der Waals surface area contributed by atoms with Gasteiger partial charge in [0.2, 0.25) is 0 Å². The Balaban J connectivity index is 1.70. The van der Waals surface area contributed by atoms with Gasteiger partial charge in [-0.2, -0.15) is 0 Å². The number of amides is 1. The van der Waals surface area contributed by atoms with Crippen LogP contribution in [0.3, 0.4) is 0 Å². The van der Waals surface area contributed by atoms with Crippen molar-refractivity contribution in [2.24, 2.45) is 4.99 Å². The Labute approximate surface area is 148 Å². The van der Waals surface area contributed by atoms with Gasteiger partial charge in [-0.05, 0) is 40.5 Å². The highest BCUT2D eigenvalue weighted by Gasteiger charge is 2.26. The normalized spacial score (nSPS) is 14.0. The van der Waals surface area contributed by atoms with Crippen molar-refractivity contribution in [3.8, 4) is 0 Å². The lowest BCUT2D eigenvalue weighted by atomic mass is 10.2. The molecule has 3 nitrogen and oxygen atoms in total. The summed E-state index contributed by atoms with van der Waals surface area (Å²) < 4.78 is 0.819. The molecule has 0 N–H and O–H groups in total. The first-order chi connectivity index (χ1) is 11.1. The molecule has 3 rings (SSSR count). The molecule has 0 unspecified atom stereocenters. The van der Waals surface area contributed by atoms with E-state index in [1.54, 1.807) is 16.7 Å². The molecular weight excluding hydrogens is 372 g/mol. The minimum atomic E-state index is 0.00506. The van der Waals surface area contributed by atoms with Crippen LogP contribution >= 0.6 is 27.7 Å². The predicted octanol–water partition coefficient (Wildman–Crippen LogP) is 4.50. The summed E-state index contributed by atoms with van der Waals surface area (Å²) >= 11 is 5.08. The number of carbonyl (C=O) groups is 1. The van der Waals surface area contributed by atoms with E-state index >= 15 is 0 Å². The van der Waals surface area contributed by atoms with Gasteiger partial charge in [0.05, 0.1) is 12.1 Å². The average Bonchev–Trinajstić information content (AvgIpc) is 3.01. The highest BCUT2D eigenvalue weighted by Crippen LogP contribution is 2.24. The maximum Gasteiger partial charge on any atom is 0.261 e. The summed E-state index contributed by atoms with van der Waals surface area (Å²) in [6.45, 7) is 3.41. The molecule has 0 fully saturated rings. The van der Waals surface area contributed by atoms with Gasteiger partial charge in [0.15, 0.2) is 5.17 Å². The summed E-state index contributed by atoms with van der Waals surface area (Å²) in [6.07, 6.45) is 0. The molecule has 118 valence electrons. The van der Waals surface area contributed by atoms with E-state index in [2.05, 4.69) is 52.1 Å². The highest BCUT2D eigenvalue weighted by atomic mass is 79.9. The summed E-state index contributed by atoms with van der Waals surface area (Å²) in [6, 6.07) is 15.9. The second-order valence-electron chi connectivity index (χ2n) is 5.38. The Morgan fingerprint density at radius 2 is 2.09 bits per heavy atom. The molecule has 0 aliphatic carbocycles. The molecule has 5 heteroatoms. The Morgan fingerprint density at radius 1 is 1.26 bits per heavy atom. The molecule has 2 aromatic carbocycles. The fourth-order valence-corrected chi connectivity index (χ4v) is 3.91. The van der Waals surface area contributed by atoms with Crippen LogP contribution in [0.25, 0.3) is 0 Å². The van der Waals surface area contributed by atoms with Crippen LogP contribution in [-0.4, -0.2) is 29.1 Å². The van der Waals surface area contributed by atoms with E-state index in [0.717, 1.165) is 15.4 Å². The summed E-state index contributed by atoms with van der Waals surface area (Å²) in [4.78, 5) is 19.0. The van der Waals surface area contributed by atoms with E-state index in [1.807, 2.05) is 24.3 Å². The Hall–Kier alpha value is -1.59. The lowest BCUT2D eigenvalue weighted by Crippen LogP contribution is -2.33. The maximum absolute atomic E-state index is 12.7. The van der Waals surface area contributed by atoms with Gasteiger partial charge in [0.25, 0.3) is 5.91 Å². The third-order valence-electron chi connectivity index (χ3n) is 3.60. The van der Waals surface area contributed by atoms with Crippen molar-refractivity contribution in [3.05, 3.63) is 69.7 Å². The zero-order chi connectivity index (χ0) is 16.2. The van der Waals surface area contributed by atoms with Crippen molar-refractivity contribution in [1.29, 1.82) is 0 Å². The molecule has 0 saturated carbocycles. The van der Waals surface area contributed by atoms with E-state index < -0.39 is 0 Å². The fourth-order valence-electron chi connectivity index (χ4n) is 2.47. The molecule has 0 aromatic heterocycles. The quantitative estimate of drug-likeness (QED) is 0.774. The van der Waals surface area contributed by atoms with E-state index in [4.69, 9.17) is 0 Å². The first-order valence-corrected chi connectivity index (χ1v) is 9.22. The molecule has 1 amide bonds. The highest BCUT2D eigenvalue weighted by molar-refractivity contribution is 9.10. The number of benzene rings is 2. The number of aliphatic imine (C=N–C) groups is 1. The molecule has 0 spiro atoms. The number of amidine groups is 1. The van der Waals surface area contributed by atoms with Crippen LogP contribution < -0.4 is 0 Å². The lowest BCUT2D eigenvalue weighted by molar-refractivity contribution is 0.0860. The number of nitrogens with zero attached hydrogens (tertiary/aromatic N) is 2. The summed E-state index contributed by atoms with van der Waals surface area (Å²) in [5.74, 6) is 0.825. The number of halogens is 1. The molecule has 0 atom stereocenters. The average molecular weight is 389 g/mol. The molecule has 1 aliphatic heterocycles. The van der Waals surface area contributed by atoms with Crippen molar-refractivity contribution in [1.82, 2.24) is 4.90 Å². The van der Waals surface area contributed by atoms with E-state index in [9.17, 15) is 4.79 Å². The molecule has 2 aromatic rings. The Kier molecular flexibility index (Phi) is 5.18. The van der Waals surface area contributed by atoms with Gasteiger partial charge < -0.3 is 0 Å². The van der Waals surface area contributed by atoms with Gasteiger partial charge in [0.1, 0.15) is 0 Å². The Morgan fingerprint density at radius 3 is 2.87 bits per heavy atom. The third kappa shape index (κ3) is 3.85. The zero-order valence-corrected chi connectivity index (χ0v) is 15.2. The summed E-state index contributed by atoms with van der Waals surface area (Å²) in [7, 11) is 0. The minimum Gasteiger partial charge on any atom is -0.286 e. The number of hydrogen-bond acceptors (Lipinski definition) is 3. The minimum absolute atomic E-state index is 0.00506. The van der Waals surface area contributed by atoms with Gasteiger partial charge in [-0.15, -0.1) is 0 Å². The number of carbonyl (C=O) groups excluding carboxylic acids is 1. The number of rotatable bonds is 3. The first-order valence-electron chi connectivity index (χ1n) is 7.44. The number of aryl methyl sites for hydroxylation is 1. The third-order valence-corrected chi connectivity index (χ3v) is 5.38. The zero-order valence-electron chi connectivity index (χ0n) is 12.8. The second kappa shape index (κ2) is 7.32. The van der Waals surface area contributed by atoms with Crippen molar-refractivity contribution in [3.63, 3.8) is 0 Å². The molecule has 0 radical (unpaired) electrons.